The average molecular weight is 313 g/mol. The lowest BCUT2D eigenvalue weighted by Crippen LogP contribution is -2.24. The molecule has 0 saturated carbocycles. The summed E-state index contributed by atoms with van der Waals surface area (Å²) < 4.78 is 5.91. The van der Waals surface area contributed by atoms with Crippen LogP contribution in [0.2, 0.25) is 0 Å². The molecule has 0 rings (SSSR count). The zero-order valence-corrected chi connectivity index (χ0v) is 17.1. The summed E-state index contributed by atoms with van der Waals surface area (Å²) in [6, 6.07) is 0. The van der Waals surface area contributed by atoms with E-state index < -0.39 is 0 Å². The van der Waals surface area contributed by atoms with Gasteiger partial charge in [-0.2, -0.15) is 0 Å². The summed E-state index contributed by atoms with van der Waals surface area (Å²) in [5.41, 5.74) is 0.865. The normalized spacial score (nSPS) is 17.3. The van der Waals surface area contributed by atoms with E-state index in [1.807, 2.05) is 0 Å². The lowest BCUT2D eigenvalue weighted by molar-refractivity contribution is 0.0630. The maximum atomic E-state index is 5.91. The number of hydrogen-bond acceptors (Lipinski definition) is 1. The Morgan fingerprint density at radius 3 is 1.82 bits per heavy atom. The maximum Gasteiger partial charge on any atom is 0.0496 e. The second kappa shape index (κ2) is 9.96. The van der Waals surface area contributed by atoms with E-state index in [-0.39, 0.29) is 0 Å². The second-order valence-corrected chi connectivity index (χ2v) is 10.0. The highest BCUT2D eigenvalue weighted by Gasteiger charge is 2.24. The lowest BCUT2D eigenvalue weighted by atomic mass is 9.76. The van der Waals surface area contributed by atoms with Gasteiger partial charge in [-0.15, -0.1) is 0 Å². The molecule has 0 aliphatic carbocycles. The molecule has 0 fully saturated rings. The van der Waals surface area contributed by atoms with Crippen LogP contribution in [-0.4, -0.2) is 13.2 Å². The fourth-order valence-corrected chi connectivity index (χ4v) is 3.69. The van der Waals surface area contributed by atoms with E-state index in [9.17, 15) is 0 Å². The first kappa shape index (κ1) is 22.0. The van der Waals surface area contributed by atoms with Crippen LogP contribution in [0.3, 0.4) is 0 Å². The summed E-state index contributed by atoms with van der Waals surface area (Å²) >= 11 is 0. The molecule has 0 aromatic rings. The summed E-state index contributed by atoms with van der Waals surface area (Å²) in [6.45, 7) is 23.0. The van der Waals surface area contributed by atoms with Crippen molar-refractivity contribution < 1.29 is 4.74 Å². The first-order valence-electron chi connectivity index (χ1n) is 9.52. The van der Waals surface area contributed by atoms with Gasteiger partial charge in [-0.05, 0) is 54.3 Å². The van der Waals surface area contributed by atoms with Crippen molar-refractivity contribution in [3.05, 3.63) is 0 Å². The molecule has 0 radical (unpaired) electrons. The Bertz CT molecular complexity index is 269. The molecule has 22 heavy (non-hydrogen) atoms. The number of rotatable bonds is 10. The molecule has 0 N–H and O–H groups in total. The molecule has 0 saturated heterocycles. The Labute approximate surface area is 141 Å². The van der Waals surface area contributed by atoms with Crippen LogP contribution in [0, 0.1) is 28.6 Å². The van der Waals surface area contributed by atoms with Gasteiger partial charge in [-0.25, -0.2) is 0 Å². The Hall–Kier alpha value is -0.0400. The van der Waals surface area contributed by atoms with Gasteiger partial charge < -0.3 is 4.74 Å². The molecule has 0 aliphatic heterocycles. The van der Waals surface area contributed by atoms with Crippen molar-refractivity contribution in [1.82, 2.24) is 0 Å². The molecule has 0 aromatic heterocycles. The highest BCUT2D eigenvalue weighted by Crippen LogP contribution is 2.33. The first-order valence-corrected chi connectivity index (χ1v) is 9.52. The topological polar surface area (TPSA) is 9.23 Å². The molecular formula is C21H44O. The molecule has 1 heteroatoms. The van der Waals surface area contributed by atoms with E-state index in [1.165, 1.54) is 25.7 Å². The minimum Gasteiger partial charge on any atom is -0.381 e. The predicted octanol–water partition coefficient (Wildman–Crippen LogP) is 6.95. The van der Waals surface area contributed by atoms with Gasteiger partial charge in [-0.3, -0.25) is 0 Å². The molecule has 3 unspecified atom stereocenters. The molecule has 134 valence electrons. The van der Waals surface area contributed by atoms with Crippen LogP contribution in [0.4, 0.5) is 0 Å². The van der Waals surface area contributed by atoms with E-state index in [2.05, 4.69) is 62.3 Å². The van der Waals surface area contributed by atoms with Gasteiger partial charge in [0.2, 0.25) is 0 Å². The van der Waals surface area contributed by atoms with Crippen molar-refractivity contribution >= 4 is 0 Å². The Morgan fingerprint density at radius 2 is 1.36 bits per heavy atom. The van der Waals surface area contributed by atoms with Crippen molar-refractivity contribution in [2.75, 3.05) is 13.2 Å². The molecule has 0 aliphatic rings. The van der Waals surface area contributed by atoms with Crippen LogP contribution in [0.15, 0.2) is 0 Å². The Kier molecular flexibility index (Phi) is 9.94. The SMILES string of the molecule is CCCOCC(CCC(C)CC(C)(C)C)C(C)CC(C)(C)C. The van der Waals surface area contributed by atoms with E-state index in [0.717, 1.165) is 31.5 Å². The molecule has 0 heterocycles. The van der Waals surface area contributed by atoms with E-state index in [4.69, 9.17) is 4.74 Å². The second-order valence-electron chi connectivity index (χ2n) is 10.0. The molecule has 0 spiro atoms. The quantitative estimate of drug-likeness (QED) is 0.396. The van der Waals surface area contributed by atoms with Crippen LogP contribution in [0.1, 0.15) is 94.4 Å². The highest BCUT2D eigenvalue weighted by atomic mass is 16.5. The third-order valence-corrected chi connectivity index (χ3v) is 4.41. The van der Waals surface area contributed by atoms with Crippen molar-refractivity contribution in [3.63, 3.8) is 0 Å². The standard InChI is InChI=1S/C21H44O/c1-10-13-22-16-19(18(3)15-21(7,8)9)12-11-17(2)14-20(4,5)6/h17-19H,10-16H2,1-9H3. The lowest BCUT2D eigenvalue weighted by Gasteiger charge is -2.31. The maximum absolute atomic E-state index is 5.91. The van der Waals surface area contributed by atoms with Gasteiger partial charge in [0.25, 0.3) is 0 Å². The first-order chi connectivity index (χ1) is 9.94. The fourth-order valence-electron chi connectivity index (χ4n) is 3.69. The van der Waals surface area contributed by atoms with Crippen LogP contribution in [-0.2, 0) is 4.74 Å². The average Bonchev–Trinajstić information content (AvgIpc) is 2.28. The van der Waals surface area contributed by atoms with Crippen LogP contribution < -0.4 is 0 Å². The molecule has 0 amide bonds. The van der Waals surface area contributed by atoms with Gasteiger partial charge in [-0.1, -0.05) is 68.7 Å². The summed E-state index contributed by atoms with van der Waals surface area (Å²) in [6.07, 6.45) is 6.40. The van der Waals surface area contributed by atoms with E-state index >= 15 is 0 Å². The predicted molar refractivity (Wildman–Crippen MR) is 100 cm³/mol. The van der Waals surface area contributed by atoms with Crippen LogP contribution in [0.5, 0.6) is 0 Å². The number of hydrogen-bond donors (Lipinski definition) is 0. The minimum atomic E-state index is 0.416. The zero-order chi connectivity index (χ0) is 17.4. The van der Waals surface area contributed by atoms with Gasteiger partial charge in [0.05, 0.1) is 0 Å². The molecule has 1 nitrogen and oxygen atoms in total. The highest BCUT2D eigenvalue weighted by molar-refractivity contribution is 4.75. The summed E-state index contributed by atoms with van der Waals surface area (Å²) in [5, 5.41) is 0. The molecule has 0 aromatic carbocycles. The molecular weight excluding hydrogens is 268 g/mol. The van der Waals surface area contributed by atoms with Gasteiger partial charge in [0.15, 0.2) is 0 Å². The summed E-state index contributed by atoms with van der Waals surface area (Å²) in [7, 11) is 0. The van der Waals surface area contributed by atoms with Gasteiger partial charge >= 0.3 is 0 Å². The Morgan fingerprint density at radius 1 is 0.818 bits per heavy atom. The summed E-state index contributed by atoms with van der Waals surface area (Å²) in [5.74, 6) is 2.28. The van der Waals surface area contributed by atoms with Crippen LogP contribution in [0.25, 0.3) is 0 Å². The Balaban J connectivity index is 4.45. The van der Waals surface area contributed by atoms with Crippen LogP contribution >= 0.6 is 0 Å². The van der Waals surface area contributed by atoms with E-state index in [0.29, 0.717) is 16.7 Å². The smallest absolute Gasteiger partial charge is 0.0496 e. The van der Waals surface area contributed by atoms with Crippen molar-refractivity contribution in [1.29, 1.82) is 0 Å². The minimum absolute atomic E-state index is 0.416. The molecule has 3 atom stereocenters. The number of ether oxygens (including phenoxy) is 1. The molecule has 0 bridgehead atoms. The van der Waals surface area contributed by atoms with Crippen molar-refractivity contribution in [3.8, 4) is 0 Å². The third-order valence-electron chi connectivity index (χ3n) is 4.41. The van der Waals surface area contributed by atoms with Gasteiger partial charge in [0.1, 0.15) is 0 Å². The van der Waals surface area contributed by atoms with Gasteiger partial charge in [0, 0.05) is 13.2 Å². The summed E-state index contributed by atoms with van der Waals surface area (Å²) in [4.78, 5) is 0. The van der Waals surface area contributed by atoms with E-state index in [1.54, 1.807) is 0 Å². The zero-order valence-electron chi connectivity index (χ0n) is 17.1. The van der Waals surface area contributed by atoms with Crippen molar-refractivity contribution in [2.24, 2.45) is 28.6 Å². The van der Waals surface area contributed by atoms with Crippen molar-refractivity contribution in [2.45, 2.75) is 94.4 Å². The monoisotopic (exact) mass is 312 g/mol. The third kappa shape index (κ3) is 12.5. The largest absolute Gasteiger partial charge is 0.381 e. The fraction of sp³-hybridized carbons (Fsp3) is 1.00.